The SMILES string of the molecule is CCN(CC)CCCC(C)N(CC(=O)Nc1cc(C)on1)C(=O)CCC1CCCC1. The Hall–Kier alpha value is -1.89. The van der Waals surface area contributed by atoms with Gasteiger partial charge in [-0.15, -0.1) is 0 Å². The van der Waals surface area contributed by atoms with Crippen molar-refractivity contribution in [3.63, 3.8) is 0 Å². The maximum Gasteiger partial charge on any atom is 0.245 e. The molecule has 1 heterocycles. The van der Waals surface area contributed by atoms with Gasteiger partial charge in [-0.05, 0) is 58.7 Å². The number of anilines is 1. The van der Waals surface area contributed by atoms with Gasteiger partial charge in [-0.1, -0.05) is 44.7 Å². The molecule has 1 saturated carbocycles. The second-order valence-electron chi connectivity index (χ2n) is 8.60. The molecule has 1 atom stereocenters. The Balaban J connectivity index is 1.92. The van der Waals surface area contributed by atoms with Crippen LogP contribution in [0.4, 0.5) is 5.82 Å². The lowest BCUT2D eigenvalue weighted by atomic mass is 10.0. The molecule has 0 aromatic carbocycles. The highest BCUT2D eigenvalue weighted by Crippen LogP contribution is 2.29. The lowest BCUT2D eigenvalue weighted by Crippen LogP contribution is -2.44. The smallest absolute Gasteiger partial charge is 0.245 e. The summed E-state index contributed by atoms with van der Waals surface area (Å²) < 4.78 is 5.01. The molecule has 1 aliphatic rings. The number of hydrogen-bond acceptors (Lipinski definition) is 5. The highest BCUT2D eigenvalue weighted by atomic mass is 16.5. The van der Waals surface area contributed by atoms with Gasteiger partial charge in [0.15, 0.2) is 5.82 Å². The molecule has 0 radical (unpaired) electrons. The summed E-state index contributed by atoms with van der Waals surface area (Å²) in [5.74, 6) is 1.56. The number of hydrogen-bond donors (Lipinski definition) is 1. The topological polar surface area (TPSA) is 78.7 Å². The number of rotatable bonds is 13. The molecular formula is C23H40N4O3. The van der Waals surface area contributed by atoms with Crippen LogP contribution in [0.1, 0.15) is 77.9 Å². The van der Waals surface area contributed by atoms with Crippen molar-refractivity contribution in [2.45, 2.75) is 85.1 Å². The Morgan fingerprint density at radius 3 is 2.57 bits per heavy atom. The second-order valence-corrected chi connectivity index (χ2v) is 8.60. The molecule has 1 aromatic heterocycles. The van der Waals surface area contributed by atoms with Gasteiger partial charge in [-0.25, -0.2) is 0 Å². The molecule has 2 amide bonds. The molecule has 0 spiro atoms. The van der Waals surface area contributed by atoms with Crippen molar-refractivity contribution in [1.29, 1.82) is 0 Å². The maximum absolute atomic E-state index is 13.0. The van der Waals surface area contributed by atoms with Gasteiger partial charge in [0.2, 0.25) is 11.8 Å². The summed E-state index contributed by atoms with van der Waals surface area (Å²) in [4.78, 5) is 29.8. The Morgan fingerprint density at radius 2 is 1.97 bits per heavy atom. The molecular weight excluding hydrogens is 380 g/mol. The largest absolute Gasteiger partial charge is 0.360 e. The average Bonchev–Trinajstić information content (AvgIpc) is 3.39. The number of carbonyl (C=O) groups is 2. The van der Waals surface area contributed by atoms with Crippen LogP contribution in [0.25, 0.3) is 0 Å². The standard InChI is InChI=1S/C23H40N4O3/c1-5-26(6-2)15-9-10-18(3)27(23(29)14-13-20-11-7-8-12-20)17-22(28)24-21-16-19(4)30-25-21/h16,18,20H,5-15,17H2,1-4H3,(H,24,25,28). The zero-order valence-electron chi connectivity index (χ0n) is 19.3. The zero-order chi connectivity index (χ0) is 21.9. The number of aromatic nitrogens is 1. The van der Waals surface area contributed by atoms with Gasteiger partial charge in [0.1, 0.15) is 12.3 Å². The predicted octanol–water partition coefficient (Wildman–Crippen LogP) is 4.23. The number of aryl methyl sites for hydroxylation is 1. The van der Waals surface area contributed by atoms with E-state index >= 15 is 0 Å². The average molecular weight is 421 g/mol. The van der Waals surface area contributed by atoms with Crippen LogP contribution in [0.2, 0.25) is 0 Å². The van der Waals surface area contributed by atoms with Crippen LogP contribution in [0, 0.1) is 12.8 Å². The van der Waals surface area contributed by atoms with E-state index in [4.69, 9.17) is 4.52 Å². The maximum atomic E-state index is 13.0. The quantitative estimate of drug-likeness (QED) is 0.517. The molecule has 170 valence electrons. The first-order valence-corrected chi connectivity index (χ1v) is 11.7. The number of carbonyl (C=O) groups excluding carboxylic acids is 2. The summed E-state index contributed by atoms with van der Waals surface area (Å²) in [6.07, 6.45) is 8.40. The molecule has 30 heavy (non-hydrogen) atoms. The van der Waals surface area contributed by atoms with E-state index in [0.29, 0.717) is 23.9 Å². The Kier molecular flexibility index (Phi) is 10.3. The molecule has 2 rings (SSSR count). The summed E-state index contributed by atoms with van der Waals surface area (Å²) in [5, 5.41) is 6.56. The highest BCUT2D eigenvalue weighted by molar-refractivity contribution is 5.93. The van der Waals surface area contributed by atoms with Gasteiger partial charge in [-0.3, -0.25) is 9.59 Å². The fourth-order valence-electron chi connectivity index (χ4n) is 4.33. The van der Waals surface area contributed by atoms with Crippen LogP contribution in [0.5, 0.6) is 0 Å². The molecule has 7 heteroatoms. The van der Waals surface area contributed by atoms with Gasteiger partial charge < -0.3 is 19.6 Å². The molecule has 0 saturated heterocycles. The van der Waals surface area contributed by atoms with Crippen molar-refractivity contribution in [2.24, 2.45) is 5.92 Å². The van der Waals surface area contributed by atoms with E-state index in [0.717, 1.165) is 38.9 Å². The first-order chi connectivity index (χ1) is 14.4. The van der Waals surface area contributed by atoms with Crippen LogP contribution in [0.3, 0.4) is 0 Å². The van der Waals surface area contributed by atoms with Crippen molar-refractivity contribution < 1.29 is 14.1 Å². The first kappa shape index (κ1) is 24.4. The van der Waals surface area contributed by atoms with Gasteiger partial charge >= 0.3 is 0 Å². The van der Waals surface area contributed by atoms with Crippen molar-refractivity contribution in [1.82, 2.24) is 15.0 Å². The van der Waals surface area contributed by atoms with Gasteiger partial charge in [0, 0.05) is 18.5 Å². The summed E-state index contributed by atoms with van der Waals surface area (Å²) in [7, 11) is 0. The van der Waals surface area contributed by atoms with E-state index in [-0.39, 0.29) is 24.4 Å². The van der Waals surface area contributed by atoms with Crippen LogP contribution < -0.4 is 5.32 Å². The van der Waals surface area contributed by atoms with Gasteiger partial charge in [-0.2, -0.15) is 0 Å². The van der Waals surface area contributed by atoms with Gasteiger partial charge in [0.25, 0.3) is 0 Å². The third-order valence-electron chi connectivity index (χ3n) is 6.29. The molecule has 0 aliphatic heterocycles. The summed E-state index contributed by atoms with van der Waals surface area (Å²) in [5.41, 5.74) is 0. The molecule has 0 bridgehead atoms. The molecule has 1 aromatic rings. The highest BCUT2D eigenvalue weighted by Gasteiger charge is 2.25. The Bertz CT molecular complexity index is 651. The van der Waals surface area contributed by atoms with Crippen molar-refractivity contribution in [3.05, 3.63) is 11.8 Å². The van der Waals surface area contributed by atoms with Crippen molar-refractivity contribution in [2.75, 3.05) is 31.5 Å². The first-order valence-electron chi connectivity index (χ1n) is 11.7. The summed E-state index contributed by atoms with van der Waals surface area (Å²) >= 11 is 0. The molecule has 1 aliphatic carbocycles. The molecule has 1 unspecified atom stereocenters. The number of nitrogens with zero attached hydrogens (tertiary/aromatic N) is 3. The summed E-state index contributed by atoms with van der Waals surface area (Å²) in [6.45, 7) is 11.3. The van der Waals surface area contributed by atoms with Crippen LogP contribution >= 0.6 is 0 Å². The van der Waals surface area contributed by atoms with E-state index in [1.807, 2.05) is 0 Å². The number of amides is 2. The monoisotopic (exact) mass is 420 g/mol. The van der Waals surface area contributed by atoms with Crippen LogP contribution in [-0.2, 0) is 9.59 Å². The normalized spacial score (nSPS) is 15.5. The molecule has 7 nitrogen and oxygen atoms in total. The fourth-order valence-corrected chi connectivity index (χ4v) is 4.33. The zero-order valence-corrected chi connectivity index (χ0v) is 19.3. The van der Waals surface area contributed by atoms with Crippen molar-refractivity contribution in [3.8, 4) is 0 Å². The predicted molar refractivity (Wildman–Crippen MR) is 119 cm³/mol. The van der Waals surface area contributed by atoms with Crippen molar-refractivity contribution >= 4 is 17.6 Å². The van der Waals surface area contributed by atoms with E-state index in [1.54, 1.807) is 17.9 Å². The van der Waals surface area contributed by atoms with E-state index in [9.17, 15) is 9.59 Å². The molecule has 1 fully saturated rings. The van der Waals surface area contributed by atoms with E-state index in [1.165, 1.54) is 25.7 Å². The fraction of sp³-hybridized carbons (Fsp3) is 0.783. The number of nitrogens with one attached hydrogen (secondary N) is 1. The Morgan fingerprint density at radius 1 is 1.27 bits per heavy atom. The minimum atomic E-state index is -0.229. The lowest BCUT2D eigenvalue weighted by Gasteiger charge is -2.30. The van der Waals surface area contributed by atoms with Crippen LogP contribution in [-0.4, -0.2) is 59.0 Å². The minimum Gasteiger partial charge on any atom is -0.360 e. The Labute approximate surface area is 181 Å². The third-order valence-corrected chi connectivity index (χ3v) is 6.29. The lowest BCUT2D eigenvalue weighted by molar-refractivity contribution is -0.137. The van der Waals surface area contributed by atoms with Gasteiger partial charge in [0.05, 0.1) is 0 Å². The minimum absolute atomic E-state index is 0.0291. The van der Waals surface area contributed by atoms with E-state index < -0.39 is 0 Å². The second kappa shape index (κ2) is 12.7. The van der Waals surface area contributed by atoms with E-state index in [2.05, 4.69) is 36.1 Å². The third kappa shape index (κ3) is 8.09. The van der Waals surface area contributed by atoms with Crippen LogP contribution in [0.15, 0.2) is 10.6 Å². The molecule has 1 N–H and O–H groups in total. The summed E-state index contributed by atoms with van der Waals surface area (Å²) in [6, 6.07) is 1.71.